The normalized spacial score (nSPS) is 11.7. The second-order valence-electron chi connectivity index (χ2n) is 9.93. The number of rotatable bonds is 11. The lowest BCUT2D eigenvalue weighted by molar-refractivity contribution is 0.488. The zero-order valence-electron chi connectivity index (χ0n) is 23.1. The highest BCUT2D eigenvalue weighted by Crippen LogP contribution is 2.36. The van der Waals surface area contributed by atoms with Crippen molar-refractivity contribution in [1.29, 1.82) is 0 Å². The molecule has 0 unspecified atom stereocenters. The first-order chi connectivity index (χ1) is 20.8. The number of aromatic nitrogens is 6. The molecule has 0 fully saturated rings. The number of sulfone groups is 1. The fourth-order valence-electron chi connectivity index (χ4n) is 4.52. The molecule has 43 heavy (non-hydrogen) atoms. The van der Waals surface area contributed by atoms with E-state index in [0.29, 0.717) is 47.7 Å². The van der Waals surface area contributed by atoms with Crippen molar-refractivity contribution < 1.29 is 13.2 Å². The molecule has 3 aromatic heterocycles. The molecule has 0 aliphatic carbocycles. The Hall–Kier alpha value is -4.65. The van der Waals surface area contributed by atoms with Gasteiger partial charge in [-0.1, -0.05) is 35.0 Å². The summed E-state index contributed by atoms with van der Waals surface area (Å²) in [5.41, 5.74) is 3.05. The maximum atomic E-state index is 11.3. The zero-order valence-corrected chi connectivity index (χ0v) is 24.7. The second kappa shape index (κ2) is 12.3. The molecule has 3 aromatic carbocycles. The van der Waals surface area contributed by atoms with Gasteiger partial charge < -0.3 is 15.4 Å². The maximum Gasteiger partial charge on any atom is 0.148 e. The Morgan fingerprint density at radius 1 is 0.977 bits per heavy atom. The molecule has 0 radical (unpaired) electrons. The van der Waals surface area contributed by atoms with E-state index < -0.39 is 9.84 Å². The van der Waals surface area contributed by atoms with Crippen LogP contribution in [-0.4, -0.2) is 63.5 Å². The number of fused-ring (bicyclic) bond motifs is 2. The van der Waals surface area contributed by atoms with Crippen LogP contribution in [0.4, 0.5) is 11.5 Å². The lowest BCUT2D eigenvalue weighted by Gasteiger charge is -2.13. The summed E-state index contributed by atoms with van der Waals surface area (Å²) >= 11 is 6.63. The van der Waals surface area contributed by atoms with Gasteiger partial charge in [0.2, 0.25) is 0 Å². The van der Waals surface area contributed by atoms with E-state index in [2.05, 4.69) is 35.9 Å². The van der Waals surface area contributed by atoms with Crippen molar-refractivity contribution in [3.63, 3.8) is 0 Å². The van der Waals surface area contributed by atoms with Crippen molar-refractivity contribution in [2.45, 2.75) is 6.54 Å². The summed E-state index contributed by atoms with van der Waals surface area (Å²) in [7, 11) is -2.99. The van der Waals surface area contributed by atoms with E-state index in [1.807, 2.05) is 60.8 Å². The van der Waals surface area contributed by atoms with E-state index in [0.717, 1.165) is 32.9 Å². The molecular weight excluding hydrogens is 588 g/mol. The van der Waals surface area contributed by atoms with Crippen LogP contribution in [0.15, 0.2) is 85.6 Å². The van der Waals surface area contributed by atoms with Gasteiger partial charge in [0.05, 0.1) is 29.0 Å². The number of halogens is 1. The van der Waals surface area contributed by atoms with Crippen LogP contribution in [0.1, 0.15) is 0 Å². The van der Waals surface area contributed by atoms with Crippen molar-refractivity contribution in [1.82, 2.24) is 35.3 Å². The molecule has 6 aromatic rings. The van der Waals surface area contributed by atoms with E-state index in [4.69, 9.17) is 16.3 Å². The largest absolute Gasteiger partial charge is 0.455 e. The Morgan fingerprint density at radius 2 is 1.88 bits per heavy atom. The van der Waals surface area contributed by atoms with Gasteiger partial charge in [-0.25, -0.2) is 18.4 Å². The summed E-state index contributed by atoms with van der Waals surface area (Å²) in [6.07, 6.45) is 8.09. The van der Waals surface area contributed by atoms with Crippen LogP contribution < -0.4 is 15.4 Å². The predicted octanol–water partition coefficient (Wildman–Crippen LogP) is 5.26. The van der Waals surface area contributed by atoms with Crippen molar-refractivity contribution in [2.24, 2.45) is 0 Å². The van der Waals surface area contributed by atoms with Crippen LogP contribution in [0.3, 0.4) is 0 Å². The highest BCUT2D eigenvalue weighted by molar-refractivity contribution is 7.90. The van der Waals surface area contributed by atoms with Crippen molar-refractivity contribution in [3.05, 3.63) is 90.6 Å². The molecule has 2 N–H and O–H groups in total. The number of nitrogens with one attached hydrogen (secondary N) is 2. The Labute approximate surface area is 252 Å². The molecule has 0 spiro atoms. The molecule has 0 atom stereocenters. The first-order valence-electron chi connectivity index (χ1n) is 13.4. The standard InChI is InChI=1S/C30H27ClN8O3S/c1-43(40,41)14-12-32-11-13-39-18-27(37-38-39)21-5-7-26-23(15-21)30(35-19-34-26)36-22-6-8-29(25(31)16-22)42-28-4-2-3-20-9-10-33-17-24(20)28/h2-10,15-19,32H,11-14H2,1H3,(H,34,35,36). The Balaban J connectivity index is 1.17. The molecule has 3 heterocycles. The minimum Gasteiger partial charge on any atom is -0.455 e. The third kappa shape index (κ3) is 6.88. The van der Waals surface area contributed by atoms with Crippen LogP contribution in [0.2, 0.25) is 5.02 Å². The van der Waals surface area contributed by atoms with Crippen molar-refractivity contribution >= 4 is 54.6 Å². The van der Waals surface area contributed by atoms with E-state index in [1.54, 1.807) is 23.1 Å². The molecule has 0 aliphatic heterocycles. The summed E-state index contributed by atoms with van der Waals surface area (Å²) in [5.74, 6) is 1.90. The number of ether oxygens (including phenoxy) is 1. The number of hydrogen-bond acceptors (Lipinski definition) is 10. The number of anilines is 2. The van der Waals surface area contributed by atoms with Gasteiger partial charge in [-0.3, -0.25) is 9.67 Å². The number of pyridine rings is 1. The first kappa shape index (κ1) is 28.5. The highest BCUT2D eigenvalue weighted by Gasteiger charge is 2.12. The van der Waals surface area contributed by atoms with E-state index >= 15 is 0 Å². The van der Waals surface area contributed by atoms with Gasteiger partial charge in [0, 0.05) is 53.8 Å². The minimum absolute atomic E-state index is 0.0955. The van der Waals surface area contributed by atoms with E-state index in [-0.39, 0.29) is 5.75 Å². The van der Waals surface area contributed by atoms with E-state index in [1.165, 1.54) is 12.6 Å². The van der Waals surface area contributed by atoms with E-state index in [9.17, 15) is 8.42 Å². The van der Waals surface area contributed by atoms with Crippen molar-refractivity contribution in [2.75, 3.05) is 30.4 Å². The first-order valence-corrected chi connectivity index (χ1v) is 15.9. The summed E-state index contributed by atoms with van der Waals surface area (Å²) < 4.78 is 30.4. The molecule has 11 nitrogen and oxygen atoms in total. The SMILES string of the molecule is CS(=O)(=O)CCNCCn1cc(-c2ccc3ncnc(Nc4ccc(Oc5cccc6ccncc56)c(Cl)c4)c3c2)nn1. The summed E-state index contributed by atoms with van der Waals surface area (Å²) in [6.45, 7) is 1.52. The molecule has 0 amide bonds. The number of benzene rings is 3. The molecular formula is C30H27ClN8O3S. The fraction of sp³-hybridized carbons (Fsp3) is 0.167. The van der Waals surface area contributed by atoms with Crippen LogP contribution in [0.25, 0.3) is 32.9 Å². The number of hydrogen-bond donors (Lipinski definition) is 2. The smallest absolute Gasteiger partial charge is 0.148 e. The third-order valence-electron chi connectivity index (χ3n) is 6.70. The lowest BCUT2D eigenvalue weighted by atomic mass is 10.1. The molecule has 13 heteroatoms. The van der Waals surface area contributed by atoms with Gasteiger partial charge in [-0.05, 0) is 47.9 Å². The lowest BCUT2D eigenvalue weighted by Crippen LogP contribution is -2.26. The summed E-state index contributed by atoms with van der Waals surface area (Å²) in [5, 5.41) is 18.1. The van der Waals surface area contributed by atoms with Gasteiger partial charge in [-0.15, -0.1) is 5.10 Å². The Bertz CT molecular complexity index is 2030. The van der Waals surface area contributed by atoms with Crippen LogP contribution in [0.5, 0.6) is 11.5 Å². The Morgan fingerprint density at radius 3 is 2.74 bits per heavy atom. The molecule has 0 bridgehead atoms. The predicted molar refractivity (Wildman–Crippen MR) is 168 cm³/mol. The molecule has 0 aliphatic rings. The van der Waals surface area contributed by atoms with Gasteiger partial charge >= 0.3 is 0 Å². The highest BCUT2D eigenvalue weighted by atomic mass is 35.5. The van der Waals surface area contributed by atoms with Crippen LogP contribution in [-0.2, 0) is 16.4 Å². The van der Waals surface area contributed by atoms with Crippen molar-refractivity contribution in [3.8, 4) is 22.8 Å². The van der Waals surface area contributed by atoms with Gasteiger partial charge in [0.1, 0.15) is 39.2 Å². The molecule has 0 saturated carbocycles. The number of nitrogens with zero attached hydrogens (tertiary/aromatic N) is 6. The van der Waals surface area contributed by atoms with Crippen LogP contribution in [0, 0.1) is 0 Å². The Kier molecular flexibility index (Phi) is 8.14. The summed E-state index contributed by atoms with van der Waals surface area (Å²) in [4.78, 5) is 13.1. The van der Waals surface area contributed by atoms with Gasteiger partial charge in [0.25, 0.3) is 0 Å². The fourth-order valence-corrected chi connectivity index (χ4v) is 5.26. The summed E-state index contributed by atoms with van der Waals surface area (Å²) in [6, 6.07) is 19.0. The zero-order chi connectivity index (χ0) is 29.8. The van der Waals surface area contributed by atoms with Crippen LogP contribution >= 0.6 is 11.6 Å². The maximum absolute atomic E-state index is 11.3. The topological polar surface area (TPSA) is 137 Å². The quantitative estimate of drug-likeness (QED) is 0.186. The third-order valence-corrected chi connectivity index (χ3v) is 7.94. The average molecular weight is 615 g/mol. The monoisotopic (exact) mass is 614 g/mol. The van der Waals surface area contributed by atoms with Gasteiger partial charge in [-0.2, -0.15) is 0 Å². The molecule has 6 rings (SSSR count). The minimum atomic E-state index is -2.99. The second-order valence-corrected chi connectivity index (χ2v) is 12.6. The van der Waals surface area contributed by atoms with Gasteiger partial charge in [0.15, 0.2) is 0 Å². The molecule has 0 saturated heterocycles. The molecule has 218 valence electrons. The average Bonchev–Trinajstić information content (AvgIpc) is 3.47.